The van der Waals surface area contributed by atoms with Gasteiger partial charge in [-0.1, -0.05) is 24.3 Å². The third kappa shape index (κ3) is 3.61. The lowest BCUT2D eigenvalue weighted by molar-refractivity contribution is -0.141. The molecule has 5 heteroatoms. The summed E-state index contributed by atoms with van der Waals surface area (Å²) < 4.78 is 5.13. The molecule has 2 atom stereocenters. The Kier molecular flexibility index (Phi) is 3.84. The smallest absolute Gasteiger partial charge is 0.408 e. The SMILES string of the molecule is CC(C)(C)OC(=O)NC1(C)C=CC=CC1C(=O)O. The van der Waals surface area contributed by atoms with Crippen LogP contribution in [0.1, 0.15) is 27.7 Å². The van der Waals surface area contributed by atoms with Gasteiger partial charge in [-0.25, -0.2) is 4.79 Å². The molecule has 1 aliphatic carbocycles. The molecule has 1 amide bonds. The number of ether oxygens (including phenoxy) is 1. The highest BCUT2D eigenvalue weighted by Gasteiger charge is 2.39. The van der Waals surface area contributed by atoms with Crippen molar-refractivity contribution in [2.45, 2.75) is 38.8 Å². The molecule has 0 spiro atoms. The maximum atomic E-state index is 11.7. The van der Waals surface area contributed by atoms with Gasteiger partial charge in [-0.15, -0.1) is 0 Å². The summed E-state index contributed by atoms with van der Waals surface area (Å²) in [4.78, 5) is 22.9. The van der Waals surface area contributed by atoms with E-state index in [9.17, 15) is 9.59 Å². The Morgan fingerprint density at radius 2 is 1.94 bits per heavy atom. The first-order valence-electron chi connectivity index (χ1n) is 5.74. The Bertz CT molecular complexity index is 406. The van der Waals surface area contributed by atoms with Crippen LogP contribution in [0.2, 0.25) is 0 Å². The van der Waals surface area contributed by atoms with E-state index >= 15 is 0 Å². The van der Waals surface area contributed by atoms with E-state index in [1.54, 1.807) is 52.0 Å². The molecule has 5 nitrogen and oxygen atoms in total. The van der Waals surface area contributed by atoms with Gasteiger partial charge in [-0.2, -0.15) is 0 Å². The van der Waals surface area contributed by atoms with Crippen LogP contribution < -0.4 is 5.32 Å². The van der Waals surface area contributed by atoms with Gasteiger partial charge in [0.15, 0.2) is 0 Å². The van der Waals surface area contributed by atoms with Crippen LogP contribution in [0.5, 0.6) is 0 Å². The van der Waals surface area contributed by atoms with E-state index in [1.165, 1.54) is 0 Å². The topological polar surface area (TPSA) is 75.6 Å². The van der Waals surface area contributed by atoms with Crippen molar-refractivity contribution in [3.05, 3.63) is 24.3 Å². The van der Waals surface area contributed by atoms with Gasteiger partial charge in [0, 0.05) is 0 Å². The van der Waals surface area contributed by atoms with Gasteiger partial charge in [0.2, 0.25) is 0 Å². The molecule has 18 heavy (non-hydrogen) atoms. The summed E-state index contributed by atoms with van der Waals surface area (Å²) in [7, 11) is 0. The number of aliphatic carboxylic acids is 1. The molecule has 0 heterocycles. The lowest BCUT2D eigenvalue weighted by Crippen LogP contribution is -2.53. The summed E-state index contributed by atoms with van der Waals surface area (Å²) in [6, 6.07) is 0. The summed E-state index contributed by atoms with van der Waals surface area (Å²) in [5.74, 6) is -1.80. The number of nitrogens with one attached hydrogen (secondary N) is 1. The summed E-state index contributed by atoms with van der Waals surface area (Å²) >= 11 is 0. The van der Waals surface area contributed by atoms with Crippen LogP contribution in [0, 0.1) is 5.92 Å². The maximum absolute atomic E-state index is 11.7. The van der Waals surface area contributed by atoms with Gasteiger partial charge < -0.3 is 15.2 Å². The van der Waals surface area contributed by atoms with Crippen LogP contribution in [0.4, 0.5) is 4.79 Å². The van der Waals surface area contributed by atoms with Crippen molar-refractivity contribution < 1.29 is 19.4 Å². The highest BCUT2D eigenvalue weighted by molar-refractivity contribution is 5.78. The zero-order valence-corrected chi connectivity index (χ0v) is 11.1. The Morgan fingerprint density at radius 1 is 1.33 bits per heavy atom. The normalized spacial score (nSPS) is 26.8. The molecule has 2 unspecified atom stereocenters. The van der Waals surface area contributed by atoms with Crippen LogP contribution >= 0.6 is 0 Å². The number of carboxylic acid groups (broad SMARTS) is 1. The van der Waals surface area contributed by atoms with Crippen LogP contribution in [-0.4, -0.2) is 28.3 Å². The molecule has 0 aromatic rings. The lowest BCUT2D eigenvalue weighted by atomic mass is 9.82. The first-order chi connectivity index (χ1) is 8.14. The second-order valence-corrected chi connectivity index (χ2v) is 5.47. The van der Waals surface area contributed by atoms with Crippen molar-refractivity contribution >= 4 is 12.1 Å². The molecule has 0 radical (unpaired) electrons. The van der Waals surface area contributed by atoms with E-state index in [1.807, 2.05) is 0 Å². The minimum Gasteiger partial charge on any atom is -0.481 e. The fourth-order valence-corrected chi connectivity index (χ4v) is 1.72. The van der Waals surface area contributed by atoms with Crippen LogP contribution in [-0.2, 0) is 9.53 Å². The highest BCUT2D eigenvalue weighted by atomic mass is 16.6. The van der Waals surface area contributed by atoms with Crippen LogP contribution in [0.15, 0.2) is 24.3 Å². The molecule has 0 aliphatic heterocycles. The van der Waals surface area contributed by atoms with Crippen molar-refractivity contribution in [2.24, 2.45) is 5.92 Å². The minimum atomic E-state index is -0.992. The second kappa shape index (κ2) is 4.84. The Morgan fingerprint density at radius 3 is 2.44 bits per heavy atom. The van der Waals surface area contributed by atoms with Gasteiger partial charge >= 0.3 is 12.1 Å². The molecular formula is C13H19NO4. The number of hydrogen-bond acceptors (Lipinski definition) is 3. The number of carbonyl (C=O) groups is 2. The molecule has 0 bridgehead atoms. The van der Waals surface area contributed by atoms with Crippen molar-refractivity contribution in [2.75, 3.05) is 0 Å². The minimum absolute atomic E-state index is 0.618. The number of amides is 1. The van der Waals surface area contributed by atoms with Gasteiger partial charge in [0.1, 0.15) is 11.5 Å². The fraction of sp³-hybridized carbons (Fsp3) is 0.538. The number of allylic oxidation sites excluding steroid dienone is 2. The fourth-order valence-electron chi connectivity index (χ4n) is 1.72. The first kappa shape index (κ1) is 14.3. The molecule has 1 aliphatic rings. The third-order valence-corrected chi connectivity index (χ3v) is 2.54. The van der Waals surface area contributed by atoms with Gasteiger partial charge in [0.25, 0.3) is 0 Å². The first-order valence-corrected chi connectivity index (χ1v) is 5.74. The van der Waals surface area contributed by atoms with Gasteiger partial charge in [0.05, 0.1) is 5.54 Å². The van der Waals surface area contributed by atoms with Crippen molar-refractivity contribution in [3.8, 4) is 0 Å². The molecule has 100 valence electrons. The van der Waals surface area contributed by atoms with Crippen molar-refractivity contribution in [1.82, 2.24) is 5.32 Å². The monoisotopic (exact) mass is 253 g/mol. The quantitative estimate of drug-likeness (QED) is 0.790. The molecule has 1 rings (SSSR count). The zero-order valence-electron chi connectivity index (χ0n) is 11.1. The standard InChI is InChI=1S/C13H19NO4/c1-12(2,3)18-11(17)14-13(4)8-6-5-7-9(13)10(15)16/h5-9H,1-4H3,(H,14,17)(H,15,16). The molecule has 0 saturated heterocycles. The number of carbonyl (C=O) groups excluding carboxylic acids is 1. The molecule has 0 fully saturated rings. The van der Waals surface area contributed by atoms with Crippen molar-refractivity contribution in [1.29, 1.82) is 0 Å². The van der Waals surface area contributed by atoms with Crippen molar-refractivity contribution in [3.63, 3.8) is 0 Å². The van der Waals surface area contributed by atoms with E-state index in [4.69, 9.17) is 9.84 Å². The second-order valence-electron chi connectivity index (χ2n) is 5.47. The molecular weight excluding hydrogens is 234 g/mol. The zero-order chi connectivity index (χ0) is 14.0. The summed E-state index contributed by atoms with van der Waals surface area (Å²) in [5.41, 5.74) is -1.60. The predicted octanol–water partition coefficient (Wildman–Crippen LogP) is 2.10. The summed E-state index contributed by atoms with van der Waals surface area (Å²) in [6.45, 7) is 6.90. The molecule has 0 aromatic carbocycles. The highest BCUT2D eigenvalue weighted by Crippen LogP contribution is 2.25. The summed E-state index contributed by atoms with van der Waals surface area (Å²) in [6.07, 6.45) is 5.92. The number of rotatable bonds is 2. The van der Waals surface area contributed by atoms with E-state index < -0.39 is 29.1 Å². The molecule has 0 saturated carbocycles. The predicted molar refractivity (Wildman–Crippen MR) is 67.2 cm³/mol. The molecule has 2 N–H and O–H groups in total. The maximum Gasteiger partial charge on any atom is 0.408 e. The third-order valence-electron chi connectivity index (χ3n) is 2.54. The van der Waals surface area contributed by atoms with E-state index in [0.717, 1.165) is 0 Å². The Hall–Kier alpha value is -1.78. The van der Waals surface area contributed by atoms with Crippen LogP contribution in [0.3, 0.4) is 0 Å². The number of alkyl carbamates (subject to hydrolysis) is 1. The number of carboxylic acids is 1. The molecule has 0 aromatic heterocycles. The van der Waals surface area contributed by atoms with E-state index in [0.29, 0.717) is 0 Å². The Labute approximate surface area is 107 Å². The number of hydrogen-bond donors (Lipinski definition) is 2. The van der Waals surface area contributed by atoms with E-state index in [2.05, 4.69) is 5.32 Å². The van der Waals surface area contributed by atoms with Gasteiger partial charge in [-0.3, -0.25) is 4.79 Å². The Balaban J connectivity index is 2.80. The largest absolute Gasteiger partial charge is 0.481 e. The summed E-state index contributed by atoms with van der Waals surface area (Å²) in [5, 5.41) is 11.7. The average Bonchev–Trinajstić information content (AvgIpc) is 2.13. The van der Waals surface area contributed by atoms with E-state index in [-0.39, 0.29) is 0 Å². The lowest BCUT2D eigenvalue weighted by Gasteiger charge is -2.34. The average molecular weight is 253 g/mol. The van der Waals surface area contributed by atoms with Gasteiger partial charge in [-0.05, 0) is 27.7 Å². The van der Waals surface area contributed by atoms with Crippen LogP contribution in [0.25, 0.3) is 0 Å².